The van der Waals surface area contributed by atoms with Crippen molar-refractivity contribution in [2.75, 3.05) is 0 Å². The average molecular weight is 1010 g/mol. The Morgan fingerprint density at radius 2 is 1.44 bits per heavy atom. The maximum Gasteiger partial charge on any atom is 0.197 e. The Balaban J connectivity index is 0.000000223. The molecule has 4 aromatic heterocycles. The van der Waals surface area contributed by atoms with Crippen LogP contribution in [-0.4, -0.2) is 37.8 Å². The van der Waals surface area contributed by atoms with Crippen molar-refractivity contribution in [1.82, 2.24) is 29.7 Å². The van der Waals surface area contributed by atoms with Crippen molar-refractivity contribution < 1.29 is 24.5 Å². The monoisotopic (exact) mass is 1010 g/mol. The zero-order valence-corrected chi connectivity index (χ0v) is 40.7. The van der Waals surface area contributed by atoms with Crippen LogP contribution in [0.4, 0.5) is 0 Å². The number of furan rings is 1. The SMILES string of the molecule is CC(C)(C)Cc1cc(-c2[c-]cccc2)ncc1[Si](C)(C)C.CC(C)c1cc(-c2ccccc2)cc(C(C)C)c1-n1c(-c2[c-]ccc3c2oc2ccccc23)nc2ncnnc21.[Ir]. The van der Waals surface area contributed by atoms with E-state index >= 15 is 0 Å². The van der Waals surface area contributed by atoms with E-state index < -0.39 is 8.07 Å². The van der Waals surface area contributed by atoms with Crippen LogP contribution in [0.2, 0.25) is 19.6 Å². The number of nitrogens with zero attached hydrogens (tertiary/aromatic N) is 6. The van der Waals surface area contributed by atoms with Crippen LogP contribution in [-0.2, 0) is 26.5 Å². The molecule has 317 valence electrons. The van der Waals surface area contributed by atoms with Crippen LogP contribution in [0.5, 0.6) is 0 Å². The molecule has 9 rings (SSSR count). The number of aromatic nitrogens is 6. The van der Waals surface area contributed by atoms with E-state index in [1.165, 1.54) is 39.3 Å². The molecule has 62 heavy (non-hydrogen) atoms. The predicted molar refractivity (Wildman–Crippen MR) is 254 cm³/mol. The van der Waals surface area contributed by atoms with E-state index in [1.807, 2.05) is 48.5 Å². The molecule has 0 bridgehead atoms. The Kier molecular flexibility index (Phi) is 12.9. The standard InChI is InChI=1S/C34H28N5O.C19H26NSi.Ir/c1-20(2)27-17-23(22-11-6-5-7-12-22)18-28(21(3)4)30(27)39-33(37-32-34(39)38-36-19-35-32)26-15-10-14-25-24-13-8-9-16-29(24)40-31(25)26;1-19(2,3)13-16-12-17(15-10-8-7-9-11-15)20-14-18(16)21(4,5)6;/h5-14,16-21H,1-4H3;7-10,12,14H,13H2,1-6H3;/q2*-1;. The molecule has 0 aliphatic heterocycles. The van der Waals surface area contributed by atoms with Gasteiger partial charge in [-0.2, -0.15) is 0 Å². The second-order valence-electron chi connectivity index (χ2n) is 18.7. The third-order valence-electron chi connectivity index (χ3n) is 11.0. The Hall–Kier alpha value is -5.60. The number of rotatable bonds is 8. The summed E-state index contributed by atoms with van der Waals surface area (Å²) in [6.45, 7) is 23.0. The van der Waals surface area contributed by atoms with E-state index in [4.69, 9.17) is 14.4 Å². The molecular formula is C53H54IrN6OSi-2. The Bertz CT molecular complexity index is 2950. The second kappa shape index (κ2) is 18.0. The molecule has 4 heterocycles. The molecule has 9 aromatic rings. The fourth-order valence-corrected chi connectivity index (χ4v) is 9.76. The first-order valence-corrected chi connectivity index (χ1v) is 24.8. The van der Waals surface area contributed by atoms with E-state index in [-0.39, 0.29) is 37.4 Å². The van der Waals surface area contributed by atoms with Crippen LogP contribution in [0.25, 0.3) is 72.7 Å². The summed E-state index contributed by atoms with van der Waals surface area (Å²) in [5, 5.41) is 12.3. The molecule has 0 saturated carbocycles. The van der Waals surface area contributed by atoms with Gasteiger partial charge >= 0.3 is 0 Å². The fourth-order valence-electron chi connectivity index (χ4n) is 8.18. The van der Waals surface area contributed by atoms with Crippen LogP contribution >= 0.6 is 0 Å². The van der Waals surface area contributed by atoms with Crippen LogP contribution in [0.3, 0.4) is 0 Å². The van der Waals surface area contributed by atoms with Gasteiger partial charge in [0.1, 0.15) is 11.9 Å². The van der Waals surface area contributed by atoms with E-state index in [1.54, 1.807) is 0 Å². The minimum absolute atomic E-state index is 0. The minimum Gasteiger partial charge on any atom is -0.501 e. The maximum absolute atomic E-state index is 6.42. The van der Waals surface area contributed by atoms with Crippen molar-refractivity contribution in [1.29, 1.82) is 0 Å². The van der Waals surface area contributed by atoms with Gasteiger partial charge in [-0.1, -0.05) is 139 Å². The van der Waals surface area contributed by atoms with Gasteiger partial charge in [0.25, 0.3) is 0 Å². The smallest absolute Gasteiger partial charge is 0.197 e. The van der Waals surface area contributed by atoms with Gasteiger partial charge in [-0.15, -0.1) is 64.3 Å². The Labute approximate surface area is 380 Å². The molecule has 9 heteroatoms. The first-order chi connectivity index (χ1) is 29.2. The molecule has 1 radical (unpaired) electrons. The average Bonchev–Trinajstić information content (AvgIpc) is 3.82. The van der Waals surface area contributed by atoms with E-state index in [2.05, 4.69) is 167 Å². The molecule has 0 amide bonds. The molecule has 0 saturated heterocycles. The molecule has 0 fully saturated rings. The summed E-state index contributed by atoms with van der Waals surface area (Å²) in [5.74, 6) is 1.15. The van der Waals surface area contributed by atoms with Crippen molar-refractivity contribution in [2.45, 2.75) is 86.4 Å². The quantitative estimate of drug-likeness (QED) is 0.111. The Morgan fingerprint density at radius 3 is 2.10 bits per heavy atom. The maximum atomic E-state index is 6.42. The van der Waals surface area contributed by atoms with Crippen LogP contribution < -0.4 is 5.19 Å². The molecule has 7 nitrogen and oxygen atoms in total. The number of fused-ring (bicyclic) bond motifs is 4. The zero-order chi connectivity index (χ0) is 43.1. The summed E-state index contributed by atoms with van der Waals surface area (Å²) in [6.07, 6.45) is 4.65. The third kappa shape index (κ3) is 9.12. The molecular weight excluding hydrogens is 957 g/mol. The molecule has 5 aromatic carbocycles. The molecule has 0 aliphatic carbocycles. The summed E-state index contributed by atoms with van der Waals surface area (Å²) >= 11 is 0. The van der Waals surface area contributed by atoms with Crippen LogP contribution in [0, 0.1) is 17.5 Å². The Morgan fingerprint density at radius 1 is 0.742 bits per heavy atom. The molecule has 0 atom stereocenters. The van der Waals surface area contributed by atoms with Gasteiger partial charge in [-0.3, -0.25) is 4.98 Å². The van der Waals surface area contributed by atoms with Gasteiger partial charge in [0, 0.05) is 37.4 Å². The minimum atomic E-state index is -1.37. The van der Waals surface area contributed by atoms with E-state index in [9.17, 15) is 0 Å². The van der Waals surface area contributed by atoms with Crippen LogP contribution in [0.15, 0.2) is 126 Å². The number of hydrogen-bond donors (Lipinski definition) is 0. The summed E-state index contributed by atoms with van der Waals surface area (Å²) in [7, 11) is -1.37. The van der Waals surface area contributed by atoms with Gasteiger partial charge < -0.3 is 14.0 Å². The predicted octanol–water partition coefficient (Wildman–Crippen LogP) is 13.2. The number of pyridine rings is 1. The van der Waals surface area contributed by atoms with Gasteiger partial charge in [-0.05, 0) is 75.0 Å². The molecule has 0 N–H and O–H groups in total. The molecule has 0 aliphatic rings. The first-order valence-electron chi connectivity index (χ1n) is 21.3. The second-order valence-corrected chi connectivity index (χ2v) is 23.8. The van der Waals surface area contributed by atoms with Gasteiger partial charge in [0.15, 0.2) is 11.3 Å². The molecule has 0 spiro atoms. The number of para-hydroxylation sites is 1. The van der Waals surface area contributed by atoms with Gasteiger partial charge in [0.05, 0.1) is 19.5 Å². The van der Waals surface area contributed by atoms with Crippen molar-refractivity contribution in [2.24, 2.45) is 5.41 Å². The van der Waals surface area contributed by atoms with Gasteiger partial charge in [0.2, 0.25) is 0 Å². The van der Waals surface area contributed by atoms with Crippen molar-refractivity contribution >= 4 is 46.5 Å². The number of hydrogen-bond acceptors (Lipinski definition) is 6. The van der Waals surface area contributed by atoms with E-state index in [0.717, 1.165) is 50.9 Å². The van der Waals surface area contributed by atoms with Crippen molar-refractivity contribution in [3.63, 3.8) is 0 Å². The molecule has 0 unspecified atom stereocenters. The van der Waals surface area contributed by atoms with Crippen molar-refractivity contribution in [3.05, 3.63) is 151 Å². The topological polar surface area (TPSA) is 82.5 Å². The summed E-state index contributed by atoms with van der Waals surface area (Å²) < 4.78 is 8.53. The normalized spacial score (nSPS) is 11.9. The number of imidazole rings is 1. The first kappa shape index (κ1) is 44.5. The summed E-state index contributed by atoms with van der Waals surface area (Å²) in [5.41, 5.74) is 13.2. The fraction of sp³-hybridized carbons (Fsp3) is 0.264. The van der Waals surface area contributed by atoms with Gasteiger partial charge in [-0.25, -0.2) is 4.98 Å². The third-order valence-corrected chi connectivity index (χ3v) is 13.1. The van der Waals surface area contributed by atoms with Crippen LogP contribution in [0.1, 0.15) is 77.0 Å². The summed E-state index contributed by atoms with van der Waals surface area (Å²) in [4.78, 5) is 14.2. The van der Waals surface area contributed by atoms with E-state index in [0.29, 0.717) is 17.1 Å². The summed E-state index contributed by atoms with van der Waals surface area (Å²) in [6, 6.07) is 44.3. The van der Waals surface area contributed by atoms with Crippen molar-refractivity contribution in [3.8, 4) is 39.5 Å². The number of benzene rings is 5. The largest absolute Gasteiger partial charge is 0.501 e. The zero-order valence-electron chi connectivity index (χ0n) is 37.3.